The fourth-order valence-electron chi connectivity index (χ4n) is 9.19. The fraction of sp³-hybridized carbons (Fsp3) is 0.378. The molecule has 4 bridgehead atoms. The van der Waals surface area contributed by atoms with Crippen molar-refractivity contribution in [2.24, 2.45) is 17.8 Å². The molecule has 9 heteroatoms. The van der Waals surface area contributed by atoms with Gasteiger partial charge in [-0.2, -0.15) is 0 Å². The van der Waals surface area contributed by atoms with Crippen LogP contribution in [0.4, 0.5) is 0 Å². The largest absolute Gasteiger partial charge is 0.489 e. The number of rotatable bonds is 9. The van der Waals surface area contributed by atoms with E-state index in [1.54, 1.807) is 23.1 Å². The molecule has 4 saturated carbocycles. The topological polar surface area (TPSA) is 112 Å². The summed E-state index contributed by atoms with van der Waals surface area (Å²) in [7, 11) is 0. The van der Waals surface area contributed by atoms with E-state index in [2.05, 4.69) is 10.3 Å². The number of fused-ring (bicyclic) bond motifs is 1. The van der Waals surface area contributed by atoms with Gasteiger partial charge in [-0.1, -0.05) is 60.1 Å². The van der Waals surface area contributed by atoms with Crippen LogP contribution in [0.5, 0.6) is 5.75 Å². The predicted octanol–water partition coefficient (Wildman–Crippen LogP) is 7.20. The lowest BCUT2D eigenvalue weighted by atomic mass is 9.53. The van der Waals surface area contributed by atoms with Gasteiger partial charge in [0, 0.05) is 27.0 Å². The van der Waals surface area contributed by atoms with Crippen LogP contribution in [-0.2, 0) is 16.2 Å². The van der Waals surface area contributed by atoms with Crippen LogP contribution in [0.2, 0.25) is 5.02 Å². The molecular formula is C37H36ClN3O5. The van der Waals surface area contributed by atoms with E-state index in [1.807, 2.05) is 54.6 Å². The molecule has 4 aliphatic carbocycles. The van der Waals surface area contributed by atoms with Crippen LogP contribution in [0.15, 0.2) is 72.8 Å². The lowest BCUT2D eigenvalue weighted by Crippen LogP contribution is -2.62. The molecule has 5 aliphatic rings. The molecule has 2 atom stereocenters. The highest BCUT2D eigenvalue weighted by atomic mass is 35.5. The summed E-state index contributed by atoms with van der Waals surface area (Å²) >= 11 is 6.28. The minimum absolute atomic E-state index is 0.106. The number of amides is 2. The standard InChI is InChI=1S/C37H36ClN3O5/c38-26-8-11-28-29(15-26)39-33(36(44)45)32(28)34(35(43)40-37-17-22-12-23(18-37)14-24(13-22)19-37)41-30(16-31(41)42)25-6-9-27(10-7-25)46-20-21-4-2-1-3-5-21/h1-11,15,22-24,30,34,39H,12-14,16-20H2,(H,40,43)(H,44,45). The van der Waals surface area contributed by atoms with Gasteiger partial charge in [-0.15, -0.1) is 0 Å². The van der Waals surface area contributed by atoms with E-state index < -0.39 is 18.1 Å². The van der Waals surface area contributed by atoms with Crippen molar-refractivity contribution in [3.8, 4) is 5.75 Å². The first-order valence-electron chi connectivity index (χ1n) is 16.2. The number of hydrogen-bond donors (Lipinski definition) is 3. The van der Waals surface area contributed by atoms with Crippen molar-refractivity contribution in [1.29, 1.82) is 0 Å². The van der Waals surface area contributed by atoms with Crippen molar-refractivity contribution in [2.75, 3.05) is 0 Å². The maximum Gasteiger partial charge on any atom is 0.352 e. The van der Waals surface area contributed by atoms with Crippen LogP contribution in [0.3, 0.4) is 0 Å². The Balaban J connectivity index is 1.14. The summed E-state index contributed by atoms with van der Waals surface area (Å²) < 4.78 is 5.98. The number of H-pyrrole nitrogens is 1. The third-order valence-corrected chi connectivity index (χ3v) is 11.0. The van der Waals surface area contributed by atoms with Gasteiger partial charge < -0.3 is 25.0 Å². The lowest BCUT2D eigenvalue weighted by molar-refractivity contribution is -0.157. The molecule has 2 amide bonds. The number of nitrogens with one attached hydrogen (secondary N) is 2. The number of aromatic amines is 1. The second-order valence-corrected chi connectivity index (χ2v) is 14.3. The number of ether oxygens (including phenoxy) is 1. The number of likely N-dealkylation sites (tertiary alicyclic amines) is 1. The zero-order valence-corrected chi connectivity index (χ0v) is 26.1. The van der Waals surface area contributed by atoms with E-state index in [0.29, 0.717) is 51.6 Å². The van der Waals surface area contributed by atoms with Crippen molar-refractivity contribution in [2.45, 2.75) is 69.2 Å². The Kier molecular flexibility index (Phi) is 7.09. The molecule has 0 radical (unpaired) electrons. The monoisotopic (exact) mass is 637 g/mol. The zero-order chi connectivity index (χ0) is 31.6. The molecule has 1 aromatic heterocycles. The Labute approximate surface area is 272 Å². The molecule has 1 aliphatic heterocycles. The van der Waals surface area contributed by atoms with E-state index in [-0.39, 0.29) is 29.5 Å². The highest BCUT2D eigenvalue weighted by molar-refractivity contribution is 6.31. The summed E-state index contributed by atoms with van der Waals surface area (Å²) in [6, 6.07) is 21.1. The van der Waals surface area contributed by atoms with Crippen LogP contribution >= 0.6 is 11.6 Å². The Morgan fingerprint density at radius 1 is 0.978 bits per heavy atom. The number of β-lactam (4-membered cyclic amide) rings is 1. The number of carboxylic acid groups (broad SMARTS) is 1. The Morgan fingerprint density at radius 2 is 1.65 bits per heavy atom. The maximum absolute atomic E-state index is 14.7. The number of carbonyl (C=O) groups is 3. The number of carboxylic acids is 1. The second-order valence-electron chi connectivity index (χ2n) is 13.9. The second kappa shape index (κ2) is 11.2. The first-order chi connectivity index (χ1) is 22.2. The number of carbonyl (C=O) groups excluding carboxylic acids is 2. The van der Waals surface area contributed by atoms with Gasteiger partial charge in [-0.25, -0.2) is 4.79 Å². The van der Waals surface area contributed by atoms with Crippen LogP contribution < -0.4 is 10.1 Å². The van der Waals surface area contributed by atoms with Gasteiger partial charge in [0.25, 0.3) is 0 Å². The molecule has 9 rings (SSSR count). The molecule has 2 unspecified atom stereocenters. The van der Waals surface area contributed by atoms with Crippen molar-refractivity contribution in [1.82, 2.24) is 15.2 Å². The molecule has 2 heterocycles. The van der Waals surface area contributed by atoms with Crippen LogP contribution in [0.1, 0.15) is 84.2 Å². The summed E-state index contributed by atoms with van der Waals surface area (Å²) in [5.74, 6) is 0.810. The van der Waals surface area contributed by atoms with Gasteiger partial charge >= 0.3 is 5.97 Å². The van der Waals surface area contributed by atoms with E-state index >= 15 is 0 Å². The third-order valence-electron chi connectivity index (χ3n) is 10.7. The summed E-state index contributed by atoms with van der Waals surface area (Å²) in [6.07, 6.45) is 6.72. The number of nitrogens with zero attached hydrogens (tertiary/aromatic N) is 1. The predicted molar refractivity (Wildman–Crippen MR) is 173 cm³/mol. The summed E-state index contributed by atoms with van der Waals surface area (Å²) in [5.41, 5.74) is 2.30. The number of hydrogen-bond acceptors (Lipinski definition) is 4. The lowest BCUT2D eigenvalue weighted by Gasteiger charge is -2.57. The van der Waals surface area contributed by atoms with Crippen molar-refractivity contribution in [3.63, 3.8) is 0 Å². The number of aromatic nitrogens is 1. The molecule has 3 aromatic carbocycles. The minimum atomic E-state index is -1.20. The molecule has 1 saturated heterocycles. The number of halogens is 1. The zero-order valence-electron chi connectivity index (χ0n) is 25.4. The summed E-state index contributed by atoms with van der Waals surface area (Å²) in [6.45, 7) is 0.434. The van der Waals surface area contributed by atoms with Gasteiger partial charge in [0.2, 0.25) is 11.8 Å². The normalized spacial score (nSPS) is 27.0. The van der Waals surface area contributed by atoms with Gasteiger partial charge in [0.1, 0.15) is 24.1 Å². The Morgan fingerprint density at radius 3 is 2.28 bits per heavy atom. The molecule has 46 heavy (non-hydrogen) atoms. The fourth-order valence-corrected chi connectivity index (χ4v) is 9.37. The third kappa shape index (κ3) is 5.13. The Bertz CT molecular complexity index is 1800. The van der Waals surface area contributed by atoms with Gasteiger partial charge in [0.05, 0.1) is 12.5 Å². The summed E-state index contributed by atoms with van der Waals surface area (Å²) in [5, 5.41) is 14.8. The molecule has 8 nitrogen and oxygen atoms in total. The Hall–Kier alpha value is -4.30. The van der Waals surface area contributed by atoms with Crippen LogP contribution in [0, 0.1) is 17.8 Å². The van der Waals surface area contributed by atoms with E-state index in [1.165, 1.54) is 19.3 Å². The molecule has 0 spiro atoms. The van der Waals surface area contributed by atoms with E-state index in [0.717, 1.165) is 30.4 Å². The highest BCUT2D eigenvalue weighted by Crippen LogP contribution is 2.56. The number of aromatic carboxylic acids is 1. The molecular weight excluding hydrogens is 602 g/mol. The van der Waals surface area contributed by atoms with Gasteiger partial charge in [0.15, 0.2) is 0 Å². The maximum atomic E-state index is 14.7. The van der Waals surface area contributed by atoms with Gasteiger partial charge in [-0.05, 0) is 91.7 Å². The SMILES string of the molecule is O=C(O)c1[nH]c2cc(Cl)ccc2c1C(C(=O)NC12CC3CC(CC(C3)C1)C2)N1C(=O)CC1c1ccc(OCc2ccccc2)cc1. The van der Waals surface area contributed by atoms with E-state index in [4.69, 9.17) is 16.3 Å². The number of benzene rings is 3. The van der Waals surface area contributed by atoms with Crippen LogP contribution in [0.25, 0.3) is 10.9 Å². The molecule has 3 N–H and O–H groups in total. The quantitative estimate of drug-likeness (QED) is 0.168. The van der Waals surface area contributed by atoms with Crippen molar-refractivity contribution in [3.05, 3.63) is 100 Å². The first kappa shape index (κ1) is 29.1. The molecule has 4 aromatic rings. The average Bonchev–Trinajstić information content (AvgIpc) is 3.39. The molecule has 236 valence electrons. The van der Waals surface area contributed by atoms with Crippen molar-refractivity contribution < 1.29 is 24.2 Å². The van der Waals surface area contributed by atoms with Crippen LogP contribution in [-0.4, -0.2) is 38.3 Å². The molecule has 5 fully saturated rings. The average molecular weight is 638 g/mol. The smallest absolute Gasteiger partial charge is 0.352 e. The first-order valence-corrected chi connectivity index (χ1v) is 16.6. The minimum Gasteiger partial charge on any atom is -0.489 e. The van der Waals surface area contributed by atoms with Gasteiger partial charge in [-0.3, -0.25) is 9.59 Å². The highest BCUT2D eigenvalue weighted by Gasteiger charge is 2.54. The van der Waals surface area contributed by atoms with Crippen molar-refractivity contribution >= 4 is 40.3 Å². The van der Waals surface area contributed by atoms with E-state index in [9.17, 15) is 19.5 Å². The summed E-state index contributed by atoms with van der Waals surface area (Å²) in [4.78, 5) is 45.5.